The fraction of sp³-hybridized carbons (Fsp3) is 0.625. The Kier molecular flexibility index (Phi) is 3.27. The van der Waals surface area contributed by atoms with Crippen LogP contribution in [0.15, 0.2) is 6.20 Å². The van der Waals surface area contributed by atoms with E-state index < -0.39 is 0 Å². The minimum absolute atomic E-state index is 0.145. The molecule has 1 heterocycles. The third-order valence-corrected chi connectivity index (χ3v) is 1.73. The van der Waals surface area contributed by atoms with Crippen molar-refractivity contribution in [3.8, 4) is 5.75 Å². The maximum absolute atomic E-state index is 9.40. The molecule has 3 N–H and O–H groups in total. The van der Waals surface area contributed by atoms with Gasteiger partial charge < -0.3 is 15.6 Å². The van der Waals surface area contributed by atoms with Crippen LogP contribution in [0.5, 0.6) is 5.75 Å². The van der Waals surface area contributed by atoms with E-state index in [1.54, 1.807) is 24.9 Å². The first kappa shape index (κ1) is 10.0. The van der Waals surface area contributed by atoms with Gasteiger partial charge in [0.05, 0.1) is 19.3 Å². The van der Waals surface area contributed by atoms with Crippen molar-refractivity contribution in [2.24, 2.45) is 5.73 Å². The molecular weight excluding hydrogens is 170 g/mol. The SMILES string of the molecule is COCCn1cc(O)c(C(C)N)n1. The molecule has 5 nitrogen and oxygen atoms in total. The molecule has 1 atom stereocenters. The Bertz CT molecular complexity index is 270. The molecule has 0 fully saturated rings. The zero-order valence-corrected chi connectivity index (χ0v) is 7.90. The van der Waals surface area contributed by atoms with Gasteiger partial charge in [-0.15, -0.1) is 0 Å². The quantitative estimate of drug-likeness (QED) is 0.705. The van der Waals surface area contributed by atoms with Crippen molar-refractivity contribution >= 4 is 0 Å². The van der Waals surface area contributed by atoms with Crippen LogP contribution in [0.25, 0.3) is 0 Å². The molecular formula is C8H15N3O2. The molecule has 13 heavy (non-hydrogen) atoms. The second-order valence-corrected chi connectivity index (χ2v) is 2.94. The first-order valence-corrected chi connectivity index (χ1v) is 4.16. The number of aromatic hydroxyl groups is 1. The van der Waals surface area contributed by atoms with Crippen LogP contribution in [0.2, 0.25) is 0 Å². The van der Waals surface area contributed by atoms with Gasteiger partial charge in [0, 0.05) is 13.2 Å². The van der Waals surface area contributed by atoms with Gasteiger partial charge in [0.15, 0.2) is 5.75 Å². The molecule has 0 saturated carbocycles. The van der Waals surface area contributed by atoms with E-state index in [9.17, 15) is 5.11 Å². The highest BCUT2D eigenvalue weighted by Crippen LogP contribution is 2.19. The summed E-state index contributed by atoms with van der Waals surface area (Å²) in [7, 11) is 1.62. The van der Waals surface area contributed by atoms with Crippen molar-refractivity contribution in [3.05, 3.63) is 11.9 Å². The zero-order chi connectivity index (χ0) is 9.84. The predicted octanol–water partition coefficient (Wildman–Crippen LogP) is 0.255. The van der Waals surface area contributed by atoms with E-state index in [0.717, 1.165) is 0 Å². The summed E-state index contributed by atoms with van der Waals surface area (Å²) in [5.74, 6) is 0.145. The van der Waals surface area contributed by atoms with Crippen molar-refractivity contribution in [1.29, 1.82) is 0 Å². The van der Waals surface area contributed by atoms with E-state index in [2.05, 4.69) is 5.10 Å². The summed E-state index contributed by atoms with van der Waals surface area (Å²) < 4.78 is 6.50. The van der Waals surface area contributed by atoms with Crippen LogP contribution >= 0.6 is 0 Å². The lowest BCUT2D eigenvalue weighted by Gasteiger charge is -2.00. The fourth-order valence-electron chi connectivity index (χ4n) is 1.05. The van der Waals surface area contributed by atoms with Gasteiger partial charge in [-0.1, -0.05) is 0 Å². The number of hydrogen-bond acceptors (Lipinski definition) is 4. The van der Waals surface area contributed by atoms with Crippen LogP contribution in [0, 0.1) is 0 Å². The number of nitrogens with two attached hydrogens (primary N) is 1. The normalized spacial score (nSPS) is 13.2. The summed E-state index contributed by atoms with van der Waals surface area (Å²) in [5, 5.41) is 13.5. The zero-order valence-electron chi connectivity index (χ0n) is 7.90. The van der Waals surface area contributed by atoms with Gasteiger partial charge in [-0.2, -0.15) is 5.10 Å². The number of aromatic nitrogens is 2. The van der Waals surface area contributed by atoms with Gasteiger partial charge in [0.2, 0.25) is 0 Å². The van der Waals surface area contributed by atoms with Crippen molar-refractivity contribution in [3.63, 3.8) is 0 Å². The van der Waals surface area contributed by atoms with Crippen LogP contribution in [-0.2, 0) is 11.3 Å². The molecule has 0 spiro atoms. The van der Waals surface area contributed by atoms with Gasteiger partial charge in [-0.25, -0.2) is 0 Å². The largest absolute Gasteiger partial charge is 0.504 e. The first-order valence-electron chi connectivity index (χ1n) is 4.16. The average molecular weight is 185 g/mol. The summed E-state index contributed by atoms with van der Waals surface area (Å²) >= 11 is 0. The number of hydrogen-bond donors (Lipinski definition) is 2. The Morgan fingerprint density at radius 3 is 2.92 bits per heavy atom. The molecule has 0 aliphatic carbocycles. The predicted molar refractivity (Wildman–Crippen MR) is 48.4 cm³/mol. The van der Waals surface area contributed by atoms with E-state index in [-0.39, 0.29) is 11.8 Å². The standard InChI is InChI=1S/C8H15N3O2/c1-6(9)8-7(12)5-11(10-8)3-4-13-2/h5-6,12H,3-4,9H2,1-2H3. The summed E-state index contributed by atoms with van der Waals surface area (Å²) in [6, 6.07) is -0.246. The molecule has 1 unspecified atom stereocenters. The number of ether oxygens (including phenoxy) is 1. The molecule has 0 amide bonds. The third kappa shape index (κ3) is 2.43. The number of nitrogens with zero attached hydrogens (tertiary/aromatic N) is 2. The average Bonchev–Trinajstić information content (AvgIpc) is 2.43. The Labute approximate surface area is 77.1 Å². The summed E-state index contributed by atoms with van der Waals surface area (Å²) in [4.78, 5) is 0. The van der Waals surface area contributed by atoms with E-state index in [1.165, 1.54) is 0 Å². The van der Waals surface area contributed by atoms with E-state index in [1.807, 2.05) is 0 Å². The van der Waals surface area contributed by atoms with E-state index in [4.69, 9.17) is 10.5 Å². The molecule has 1 aromatic rings. The van der Waals surface area contributed by atoms with Gasteiger partial charge in [-0.3, -0.25) is 4.68 Å². The molecule has 74 valence electrons. The summed E-state index contributed by atoms with van der Waals surface area (Å²) in [6.07, 6.45) is 1.55. The van der Waals surface area contributed by atoms with Gasteiger partial charge in [0.25, 0.3) is 0 Å². The van der Waals surface area contributed by atoms with E-state index >= 15 is 0 Å². The molecule has 0 radical (unpaired) electrons. The molecule has 0 aliphatic heterocycles. The number of methoxy groups -OCH3 is 1. The van der Waals surface area contributed by atoms with Crippen LogP contribution in [0.3, 0.4) is 0 Å². The van der Waals surface area contributed by atoms with Crippen molar-refractivity contribution in [1.82, 2.24) is 9.78 Å². The molecule has 0 aromatic carbocycles. The summed E-state index contributed by atoms with van der Waals surface area (Å²) in [6.45, 7) is 2.97. The smallest absolute Gasteiger partial charge is 0.158 e. The molecule has 0 saturated heterocycles. The maximum Gasteiger partial charge on any atom is 0.158 e. The molecule has 0 aliphatic rings. The van der Waals surface area contributed by atoms with Gasteiger partial charge in [0.1, 0.15) is 5.69 Å². The Morgan fingerprint density at radius 1 is 1.77 bits per heavy atom. The second kappa shape index (κ2) is 4.25. The second-order valence-electron chi connectivity index (χ2n) is 2.94. The van der Waals surface area contributed by atoms with Crippen LogP contribution in [0.1, 0.15) is 18.7 Å². The highest BCUT2D eigenvalue weighted by atomic mass is 16.5. The Balaban J connectivity index is 2.71. The highest BCUT2D eigenvalue weighted by Gasteiger charge is 2.10. The minimum Gasteiger partial charge on any atom is -0.504 e. The maximum atomic E-state index is 9.40. The Morgan fingerprint density at radius 2 is 2.46 bits per heavy atom. The Hall–Kier alpha value is -1.07. The highest BCUT2D eigenvalue weighted by molar-refractivity contribution is 5.24. The first-order chi connectivity index (χ1) is 6.15. The lowest BCUT2D eigenvalue weighted by atomic mass is 10.2. The van der Waals surface area contributed by atoms with Crippen LogP contribution in [0.4, 0.5) is 0 Å². The van der Waals surface area contributed by atoms with Crippen LogP contribution < -0.4 is 5.73 Å². The van der Waals surface area contributed by atoms with Crippen LogP contribution in [-0.4, -0.2) is 28.6 Å². The third-order valence-electron chi connectivity index (χ3n) is 1.73. The minimum atomic E-state index is -0.246. The fourth-order valence-corrected chi connectivity index (χ4v) is 1.05. The number of rotatable bonds is 4. The monoisotopic (exact) mass is 185 g/mol. The van der Waals surface area contributed by atoms with Gasteiger partial charge >= 0.3 is 0 Å². The van der Waals surface area contributed by atoms with Crippen molar-refractivity contribution in [2.75, 3.05) is 13.7 Å². The lowest BCUT2D eigenvalue weighted by Crippen LogP contribution is -2.09. The molecule has 0 bridgehead atoms. The van der Waals surface area contributed by atoms with Gasteiger partial charge in [-0.05, 0) is 6.92 Å². The summed E-state index contributed by atoms with van der Waals surface area (Å²) in [5.41, 5.74) is 6.11. The van der Waals surface area contributed by atoms with Crippen molar-refractivity contribution < 1.29 is 9.84 Å². The van der Waals surface area contributed by atoms with E-state index in [0.29, 0.717) is 18.8 Å². The van der Waals surface area contributed by atoms with Crippen molar-refractivity contribution in [2.45, 2.75) is 19.5 Å². The topological polar surface area (TPSA) is 73.3 Å². The molecule has 1 rings (SSSR count). The molecule has 1 aromatic heterocycles. The lowest BCUT2D eigenvalue weighted by molar-refractivity contribution is 0.183. The molecule has 5 heteroatoms.